The van der Waals surface area contributed by atoms with Crippen LogP contribution in [0.4, 0.5) is 0 Å². The Labute approximate surface area is 209 Å². The van der Waals surface area contributed by atoms with Gasteiger partial charge in [-0.05, 0) is 42.9 Å². The van der Waals surface area contributed by atoms with Gasteiger partial charge in [0.25, 0.3) is 0 Å². The van der Waals surface area contributed by atoms with Crippen LogP contribution in [0.3, 0.4) is 0 Å². The largest absolute Gasteiger partial charge is 0.508 e. The zero-order valence-electron chi connectivity index (χ0n) is 20.6. The summed E-state index contributed by atoms with van der Waals surface area (Å²) in [6, 6.07) is 3.10. The maximum Gasteiger partial charge on any atom is 0.326 e. The van der Waals surface area contributed by atoms with Gasteiger partial charge in [0.1, 0.15) is 17.8 Å². The fourth-order valence-electron chi connectivity index (χ4n) is 3.23. The topological polar surface area (TPSA) is 235 Å². The molecule has 0 fully saturated rings. The van der Waals surface area contributed by atoms with Crippen LogP contribution in [-0.2, 0) is 25.6 Å². The van der Waals surface area contributed by atoms with Crippen molar-refractivity contribution < 1.29 is 29.4 Å². The number of amides is 3. The zero-order valence-corrected chi connectivity index (χ0v) is 20.6. The van der Waals surface area contributed by atoms with Crippen LogP contribution in [-0.4, -0.2) is 71.1 Å². The van der Waals surface area contributed by atoms with Gasteiger partial charge in [-0.2, -0.15) is 0 Å². The number of aromatic hydroxyl groups is 1. The zero-order chi connectivity index (χ0) is 27.3. The van der Waals surface area contributed by atoms with Crippen molar-refractivity contribution in [3.8, 4) is 5.75 Å². The summed E-state index contributed by atoms with van der Waals surface area (Å²) < 4.78 is 0. The van der Waals surface area contributed by atoms with Crippen LogP contribution < -0.4 is 33.2 Å². The van der Waals surface area contributed by atoms with Crippen molar-refractivity contribution in [1.29, 1.82) is 0 Å². The minimum absolute atomic E-state index is 0.0913. The number of carboxylic acid groups (broad SMARTS) is 1. The molecule has 0 saturated heterocycles. The molecule has 0 aliphatic heterocycles. The number of nitrogens with two attached hydrogens (primary N) is 3. The summed E-state index contributed by atoms with van der Waals surface area (Å²) in [5.74, 6) is -3.39. The molecule has 4 atom stereocenters. The summed E-state index contributed by atoms with van der Waals surface area (Å²) in [6.07, 6.45) is 1.15. The van der Waals surface area contributed by atoms with E-state index in [1.807, 2.05) is 6.92 Å². The monoisotopic (exact) mass is 507 g/mol. The lowest BCUT2D eigenvalue weighted by molar-refractivity contribution is -0.142. The molecule has 3 amide bonds. The number of aliphatic carboxylic acids is 1. The Morgan fingerprint density at radius 1 is 1.06 bits per heavy atom. The molecule has 1 aromatic carbocycles. The number of phenols is 1. The van der Waals surface area contributed by atoms with E-state index in [2.05, 4.69) is 20.9 Å². The molecule has 4 unspecified atom stereocenters. The number of rotatable bonds is 15. The van der Waals surface area contributed by atoms with E-state index in [9.17, 15) is 29.4 Å². The summed E-state index contributed by atoms with van der Waals surface area (Å²) in [6.45, 7) is 3.36. The second-order valence-corrected chi connectivity index (χ2v) is 8.47. The van der Waals surface area contributed by atoms with E-state index in [1.54, 1.807) is 19.1 Å². The van der Waals surface area contributed by atoms with Gasteiger partial charge in [-0.25, -0.2) is 4.79 Å². The average Bonchev–Trinajstić information content (AvgIpc) is 2.83. The molecule has 0 aliphatic carbocycles. The molecule has 0 saturated carbocycles. The Balaban J connectivity index is 2.66. The molecule has 0 aliphatic rings. The average molecular weight is 508 g/mol. The Kier molecular flexibility index (Phi) is 12.7. The minimum atomic E-state index is -1.22. The number of aliphatic imine (C=N–C) groups is 1. The van der Waals surface area contributed by atoms with Crippen LogP contribution in [0, 0.1) is 5.92 Å². The Morgan fingerprint density at radius 2 is 1.69 bits per heavy atom. The number of carbonyl (C=O) groups excluding carboxylic acids is 3. The van der Waals surface area contributed by atoms with E-state index < -0.39 is 48.4 Å². The molecule has 0 aromatic heterocycles. The third-order valence-electron chi connectivity index (χ3n) is 5.52. The van der Waals surface area contributed by atoms with Gasteiger partial charge < -0.3 is 43.4 Å². The second-order valence-electron chi connectivity index (χ2n) is 8.47. The molecule has 13 heteroatoms. The van der Waals surface area contributed by atoms with Gasteiger partial charge in [-0.3, -0.25) is 19.4 Å². The standard InChI is InChI=1S/C23H37N7O6/c1-3-13(2)19(21(34)29-17(22(35)36)5-4-10-27-23(25)26)30-18(32)12-28-20(33)16(24)11-14-6-8-15(31)9-7-14/h6-9,13,16-17,19,31H,3-5,10-12,24H2,1-2H3,(H,28,33)(H,29,34)(H,30,32)(H,35,36)(H4,25,26,27). The second kappa shape index (κ2) is 15.2. The number of phenolic OH excluding ortho intramolecular Hbond substituents is 1. The first-order valence-electron chi connectivity index (χ1n) is 11.6. The Bertz CT molecular complexity index is 918. The van der Waals surface area contributed by atoms with Gasteiger partial charge in [0, 0.05) is 6.54 Å². The summed E-state index contributed by atoms with van der Waals surface area (Å²) in [5, 5.41) is 26.2. The first kappa shape index (κ1) is 30.2. The Morgan fingerprint density at radius 3 is 2.25 bits per heavy atom. The highest BCUT2D eigenvalue weighted by molar-refractivity contribution is 5.92. The van der Waals surface area contributed by atoms with E-state index >= 15 is 0 Å². The molecule has 1 aromatic rings. The number of nitrogens with zero attached hydrogens (tertiary/aromatic N) is 1. The maximum atomic E-state index is 12.8. The first-order valence-corrected chi connectivity index (χ1v) is 11.6. The molecule has 0 radical (unpaired) electrons. The predicted molar refractivity (Wildman–Crippen MR) is 134 cm³/mol. The molecule has 1 rings (SSSR count). The van der Waals surface area contributed by atoms with E-state index in [4.69, 9.17) is 17.2 Å². The molecule has 13 nitrogen and oxygen atoms in total. The third kappa shape index (κ3) is 11.0. The number of benzene rings is 1. The van der Waals surface area contributed by atoms with Crippen molar-refractivity contribution in [2.75, 3.05) is 13.1 Å². The summed E-state index contributed by atoms with van der Waals surface area (Å²) in [7, 11) is 0. The van der Waals surface area contributed by atoms with E-state index in [0.717, 1.165) is 5.56 Å². The number of hydrogen-bond donors (Lipinski definition) is 8. The number of carboxylic acids is 1. The quantitative estimate of drug-likeness (QED) is 0.0784. The van der Waals surface area contributed by atoms with E-state index in [1.165, 1.54) is 12.1 Å². The summed E-state index contributed by atoms with van der Waals surface area (Å²) in [5.41, 5.74) is 17.1. The van der Waals surface area contributed by atoms with Crippen molar-refractivity contribution >= 4 is 29.7 Å². The molecular formula is C23H37N7O6. The molecule has 11 N–H and O–H groups in total. The summed E-state index contributed by atoms with van der Waals surface area (Å²) >= 11 is 0. The maximum absolute atomic E-state index is 12.8. The lowest BCUT2D eigenvalue weighted by Gasteiger charge is -2.25. The highest BCUT2D eigenvalue weighted by Crippen LogP contribution is 2.11. The molecule has 36 heavy (non-hydrogen) atoms. The third-order valence-corrected chi connectivity index (χ3v) is 5.52. The van der Waals surface area contributed by atoms with Gasteiger partial charge >= 0.3 is 5.97 Å². The molecule has 200 valence electrons. The van der Waals surface area contributed by atoms with Gasteiger partial charge in [0.05, 0.1) is 12.6 Å². The normalized spacial score (nSPS) is 14.0. The van der Waals surface area contributed by atoms with Crippen LogP contribution >= 0.6 is 0 Å². The van der Waals surface area contributed by atoms with Crippen LogP contribution in [0.25, 0.3) is 0 Å². The van der Waals surface area contributed by atoms with Gasteiger partial charge in [-0.15, -0.1) is 0 Å². The Hall–Kier alpha value is -3.87. The lowest BCUT2D eigenvalue weighted by Crippen LogP contribution is -2.56. The summed E-state index contributed by atoms with van der Waals surface area (Å²) in [4.78, 5) is 52.9. The highest BCUT2D eigenvalue weighted by atomic mass is 16.4. The number of guanidine groups is 1. The van der Waals surface area contributed by atoms with Crippen molar-refractivity contribution in [3.63, 3.8) is 0 Å². The van der Waals surface area contributed by atoms with Crippen LogP contribution in [0.15, 0.2) is 29.3 Å². The number of nitrogens with one attached hydrogen (secondary N) is 3. The van der Waals surface area contributed by atoms with Crippen molar-refractivity contribution in [1.82, 2.24) is 16.0 Å². The highest BCUT2D eigenvalue weighted by Gasteiger charge is 2.29. The fourth-order valence-corrected chi connectivity index (χ4v) is 3.23. The molecule has 0 spiro atoms. The van der Waals surface area contributed by atoms with Gasteiger partial charge in [0.2, 0.25) is 17.7 Å². The van der Waals surface area contributed by atoms with Crippen LogP contribution in [0.2, 0.25) is 0 Å². The number of hydrogen-bond acceptors (Lipinski definition) is 7. The smallest absolute Gasteiger partial charge is 0.326 e. The van der Waals surface area contributed by atoms with Gasteiger partial charge in [0.15, 0.2) is 5.96 Å². The van der Waals surface area contributed by atoms with Crippen LogP contribution in [0.5, 0.6) is 5.75 Å². The van der Waals surface area contributed by atoms with Crippen LogP contribution in [0.1, 0.15) is 38.7 Å². The van der Waals surface area contributed by atoms with Crippen molar-refractivity contribution in [3.05, 3.63) is 29.8 Å². The SMILES string of the molecule is CCC(C)C(NC(=O)CNC(=O)C(N)Cc1ccc(O)cc1)C(=O)NC(CCCN=C(N)N)C(=O)O. The van der Waals surface area contributed by atoms with Crippen molar-refractivity contribution in [2.45, 2.75) is 57.7 Å². The molecule has 0 bridgehead atoms. The fraction of sp³-hybridized carbons (Fsp3) is 0.522. The predicted octanol–water partition coefficient (Wildman–Crippen LogP) is -1.47. The van der Waals surface area contributed by atoms with Crippen molar-refractivity contribution in [2.24, 2.45) is 28.1 Å². The first-order chi connectivity index (χ1) is 16.9. The van der Waals surface area contributed by atoms with E-state index in [0.29, 0.717) is 12.8 Å². The molecule has 0 heterocycles. The minimum Gasteiger partial charge on any atom is -0.508 e. The van der Waals surface area contributed by atoms with Gasteiger partial charge in [-0.1, -0.05) is 32.4 Å². The van der Waals surface area contributed by atoms with E-state index in [-0.39, 0.29) is 37.0 Å². The molecular weight excluding hydrogens is 470 g/mol. The lowest BCUT2D eigenvalue weighted by atomic mass is 9.97. The number of carbonyl (C=O) groups is 4.